The van der Waals surface area contributed by atoms with Crippen molar-refractivity contribution < 1.29 is 14.3 Å². The maximum atomic E-state index is 13.8. The molecular weight excluding hydrogens is 460 g/mol. The molecule has 0 spiro atoms. The molecule has 0 heterocycles. The lowest BCUT2D eigenvalue weighted by atomic mass is 9.86. The second-order valence-corrected chi connectivity index (χ2v) is 11.5. The first-order valence-electron chi connectivity index (χ1n) is 12.9. The van der Waals surface area contributed by atoms with Crippen molar-refractivity contribution in [3.05, 3.63) is 102 Å². The fourth-order valence-corrected chi connectivity index (χ4v) is 4.22. The first kappa shape index (κ1) is 28.0. The number of carbonyl (C=O) groups excluding carboxylic acids is 2. The summed E-state index contributed by atoms with van der Waals surface area (Å²) >= 11 is 0. The Hall–Kier alpha value is -3.60. The van der Waals surface area contributed by atoms with Gasteiger partial charge in [0, 0.05) is 18.5 Å². The van der Waals surface area contributed by atoms with Crippen LogP contribution in [-0.2, 0) is 28.0 Å². The average molecular weight is 501 g/mol. The smallest absolute Gasteiger partial charge is 0.261 e. The van der Waals surface area contributed by atoms with E-state index < -0.39 is 11.6 Å². The Morgan fingerprint density at radius 1 is 0.784 bits per heavy atom. The van der Waals surface area contributed by atoms with Gasteiger partial charge in [0.05, 0.1) is 0 Å². The number of benzene rings is 3. The Balaban J connectivity index is 1.94. The van der Waals surface area contributed by atoms with E-state index >= 15 is 0 Å². The van der Waals surface area contributed by atoms with E-state index in [0.717, 1.165) is 16.7 Å². The number of hydrogen-bond donors (Lipinski definition) is 1. The van der Waals surface area contributed by atoms with Crippen LogP contribution in [0.5, 0.6) is 5.75 Å². The van der Waals surface area contributed by atoms with E-state index in [1.54, 1.807) is 4.90 Å². The van der Waals surface area contributed by atoms with Gasteiger partial charge in [-0.25, -0.2) is 0 Å². The van der Waals surface area contributed by atoms with Crippen molar-refractivity contribution in [2.24, 2.45) is 0 Å². The lowest BCUT2D eigenvalue weighted by Gasteiger charge is -2.34. The van der Waals surface area contributed by atoms with Crippen LogP contribution >= 0.6 is 0 Å². The zero-order valence-electron chi connectivity index (χ0n) is 23.0. The number of nitrogens with zero attached hydrogens (tertiary/aromatic N) is 1. The highest BCUT2D eigenvalue weighted by molar-refractivity contribution is 5.89. The van der Waals surface area contributed by atoms with Crippen molar-refractivity contribution in [1.82, 2.24) is 10.2 Å². The van der Waals surface area contributed by atoms with E-state index in [-0.39, 0.29) is 23.8 Å². The summed E-state index contributed by atoms with van der Waals surface area (Å²) in [5.74, 6) is 0.259. The predicted octanol–water partition coefficient (Wildman–Crippen LogP) is 5.92. The molecule has 3 aromatic rings. The predicted molar refractivity (Wildman–Crippen MR) is 149 cm³/mol. The molecule has 3 rings (SSSR count). The molecule has 1 atom stereocenters. The van der Waals surface area contributed by atoms with Crippen LogP contribution in [0.15, 0.2) is 84.9 Å². The fraction of sp³-hybridized carbons (Fsp3) is 0.375. The topological polar surface area (TPSA) is 58.6 Å². The monoisotopic (exact) mass is 500 g/mol. The van der Waals surface area contributed by atoms with Crippen molar-refractivity contribution >= 4 is 11.8 Å². The molecule has 2 amide bonds. The van der Waals surface area contributed by atoms with Crippen molar-refractivity contribution in [3.63, 3.8) is 0 Å². The molecule has 0 bridgehead atoms. The summed E-state index contributed by atoms with van der Waals surface area (Å²) in [6.07, 6.45) is 0.403. The highest BCUT2D eigenvalue weighted by atomic mass is 16.5. The van der Waals surface area contributed by atoms with Gasteiger partial charge in [0.25, 0.3) is 5.91 Å². The molecule has 1 unspecified atom stereocenters. The zero-order chi connectivity index (χ0) is 27.1. The van der Waals surface area contributed by atoms with Crippen LogP contribution in [0.25, 0.3) is 0 Å². The number of nitrogens with one attached hydrogen (secondary N) is 1. The third-order valence-electron chi connectivity index (χ3n) is 6.01. The quantitative estimate of drug-likeness (QED) is 0.397. The van der Waals surface area contributed by atoms with Gasteiger partial charge in [-0.15, -0.1) is 0 Å². The van der Waals surface area contributed by atoms with E-state index in [9.17, 15) is 9.59 Å². The Labute approximate surface area is 221 Å². The molecule has 5 nitrogen and oxygen atoms in total. The largest absolute Gasteiger partial charge is 0.483 e. The summed E-state index contributed by atoms with van der Waals surface area (Å²) in [6, 6.07) is 26.7. The Kier molecular flexibility index (Phi) is 9.14. The number of amides is 2. The number of rotatable bonds is 9. The molecule has 196 valence electrons. The average Bonchev–Trinajstić information content (AvgIpc) is 2.84. The maximum Gasteiger partial charge on any atom is 0.261 e. The molecule has 3 aromatic carbocycles. The second-order valence-electron chi connectivity index (χ2n) is 11.5. The minimum atomic E-state index is -0.698. The van der Waals surface area contributed by atoms with Gasteiger partial charge in [-0.1, -0.05) is 99.6 Å². The SMILES string of the molecule is CC(C)(C)NC(=O)C(Cc1ccccc1)N(Cc1ccccc1)C(=O)COc1ccccc1C(C)(C)C. The first-order chi connectivity index (χ1) is 17.4. The van der Waals surface area contributed by atoms with Gasteiger partial charge in [0.2, 0.25) is 5.91 Å². The van der Waals surface area contributed by atoms with Gasteiger partial charge >= 0.3 is 0 Å². The molecule has 0 saturated carbocycles. The van der Waals surface area contributed by atoms with Crippen LogP contribution in [0, 0.1) is 0 Å². The van der Waals surface area contributed by atoms with Crippen LogP contribution in [0.2, 0.25) is 0 Å². The highest BCUT2D eigenvalue weighted by Crippen LogP contribution is 2.31. The molecule has 1 N–H and O–H groups in total. The van der Waals surface area contributed by atoms with Gasteiger partial charge in [-0.05, 0) is 48.9 Å². The molecule has 0 saturated heterocycles. The zero-order valence-corrected chi connectivity index (χ0v) is 23.0. The van der Waals surface area contributed by atoms with Crippen molar-refractivity contribution in [1.29, 1.82) is 0 Å². The summed E-state index contributed by atoms with van der Waals surface area (Å²) in [5, 5.41) is 3.09. The Bertz CT molecular complexity index is 1160. The Morgan fingerprint density at radius 3 is 1.89 bits per heavy atom. The molecular formula is C32H40N2O3. The van der Waals surface area contributed by atoms with Crippen LogP contribution in [0.3, 0.4) is 0 Å². The molecule has 0 fully saturated rings. The fourth-order valence-electron chi connectivity index (χ4n) is 4.22. The molecule has 0 aliphatic carbocycles. The minimum Gasteiger partial charge on any atom is -0.483 e. The van der Waals surface area contributed by atoms with E-state index in [1.807, 2.05) is 106 Å². The molecule has 37 heavy (non-hydrogen) atoms. The van der Waals surface area contributed by atoms with Gasteiger partial charge in [0.1, 0.15) is 11.8 Å². The van der Waals surface area contributed by atoms with Crippen molar-refractivity contribution in [2.45, 2.75) is 71.5 Å². The van der Waals surface area contributed by atoms with E-state index in [1.165, 1.54) is 0 Å². The molecule has 5 heteroatoms. The second kappa shape index (κ2) is 12.1. The van der Waals surface area contributed by atoms with E-state index in [2.05, 4.69) is 26.1 Å². The normalized spacial score (nSPS) is 12.5. The number of hydrogen-bond acceptors (Lipinski definition) is 3. The Morgan fingerprint density at radius 2 is 1.32 bits per heavy atom. The van der Waals surface area contributed by atoms with Gasteiger partial charge < -0.3 is 15.0 Å². The van der Waals surface area contributed by atoms with Crippen LogP contribution in [0.4, 0.5) is 0 Å². The maximum absolute atomic E-state index is 13.8. The van der Waals surface area contributed by atoms with Crippen LogP contribution in [0.1, 0.15) is 58.2 Å². The number of ether oxygens (including phenoxy) is 1. The minimum absolute atomic E-state index is 0.133. The summed E-state index contributed by atoms with van der Waals surface area (Å²) in [5.41, 5.74) is 2.40. The number of para-hydroxylation sites is 1. The lowest BCUT2D eigenvalue weighted by Crippen LogP contribution is -2.55. The summed E-state index contributed by atoms with van der Waals surface area (Å²) in [7, 11) is 0. The molecule has 0 radical (unpaired) electrons. The standard InChI is InChI=1S/C32H40N2O3/c1-31(2,3)26-19-13-14-20-28(26)37-23-29(35)34(22-25-17-11-8-12-18-25)27(30(36)33-32(4,5)6)21-24-15-9-7-10-16-24/h7-20,27H,21-23H2,1-6H3,(H,33,36). The van der Waals surface area contributed by atoms with Gasteiger partial charge in [0.15, 0.2) is 6.61 Å². The summed E-state index contributed by atoms with van der Waals surface area (Å²) in [6.45, 7) is 12.3. The summed E-state index contributed by atoms with van der Waals surface area (Å²) < 4.78 is 6.10. The first-order valence-corrected chi connectivity index (χ1v) is 12.9. The number of carbonyl (C=O) groups is 2. The lowest BCUT2D eigenvalue weighted by molar-refractivity contribution is -0.143. The van der Waals surface area contributed by atoms with Gasteiger partial charge in [-0.2, -0.15) is 0 Å². The summed E-state index contributed by atoms with van der Waals surface area (Å²) in [4.78, 5) is 29.1. The van der Waals surface area contributed by atoms with Crippen LogP contribution < -0.4 is 10.1 Å². The van der Waals surface area contributed by atoms with Crippen LogP contribution in [-0.4, -0.2) is 34.9 Å². The third-order valence-corrected chi connectivity index (χ3v) is 6.01. The highest BCUT2D eigenvalue weighted by Gasteiger charge is 2.32. The molecule has 0 aliphatic heterocycles. The van der Waals surface area contributed by atoms with E-state index in [4.69, 9.17) is 4.74 Å². The van der Waals surface area contributed by atoms with Crippen molar-refractivity contribution in [3.8, 4) is 5.75 Å². The molecule has 0 aliphatic rings. The molecule has 0 aromatic heterocycles. The van der Waals surface area contributed by atoms with Gasteiger partial charge in [-0.3, -0.25) is 9.59 Å². The third kappa shape index (κ3) is 8.49. The van der Waals surface area contributed by atoms with E-state index in [0.29, 0.717) is 18.7 Å². The van der Waals surface area contributed by atoms with Crippen molar-refractivity contribution in [2.75, 3.05) is 6.61 Å².